The molecule has 4 aromatic rings. The van der Waals surface area contributed by atoms with Gasteiger partial charge in [0.15, 0.2) is 5.76 Å². The molecule has 4 rings (SSSR count). The van der Waals surface area contributed by atoms with Crippen molar-refractivity contribution in [2.45, 2.75) is 13.0 Å². The van der Waals surface area contributed by atoms with Crippen LogP contribution in [-0.2, 0) is 0 Å². The van der Waals surface area contributed by atoms with Crippen molar-refractivity contribution in [1.82, 2.24) is 14.7 Å². The molecule has 2 N–H and O–H groups in total. The summed E-state index contributed by atoms with van der Waals surface area (Å²) >= 11 is 2.24. The topological polar surface area (TPSA) is 69.9 Å². The first-order valence-electron chi connectivity index (χ1n) is 7.68. The Hall–Kier alpha value is -2.42. The van der Waals surface area contributed by atoms with Crippen LogP contribution in [0.1, 0.15) is 18.7 Å². The zero-order valence-electron chi connectivity index (χ0n) is 13.3. The molecule has 1 aromatic carbocycles. The molecule has 0 spiro atoms. The SMILES string of the molecule is CC(c1cc(-c2ccccc2F)no1)n1cc(I)c2c(N)nccc21. The molecule has 3 heterocycles. The number of anilines is 1. The quantitative estimate of drug-likeness (QED) is 0.465. The summed E-state index contributed by atoms with van der Waals surface area (Å²) < 4.78 is 22.5. The van der Waals surface area contributed by atoms with Crippen molar-refractivity contribution >= 4 is 39.3 Å². The van der Waals surface area contributed by atoms with Gasteiger partial charge in [-0.15, -0.1) is 0 Å². The van der Waals surface area contributed by atoms with Crippen molar-refractivity contribution in [3.8, 4) is 11.3 Å². The van der Waals surface area contributed by atoms with Gasteiger partial charge in [0.2, 0.25) is 0 Å². The normalized spacial score (nSPS) is 12.6. The number of fused-ring (bicyclic) bond motifs is 1. The third-order valence-corrected chi connectivity index (χ3v) is 5.05. The highest BCUT2D eigenvalue weighted by Gasteiger charge is 2.20. The molecular weight excluding hydrogens is 434 g/mol. The summed E-state index contributed by atoms with van der Waals surface area (Å²) in [6, 6.07) is 10.1. The Morgan fingerprint density at radius 1 is 1.28 bits per heavy atom. The fraction of sp³-hybridized carbons (Fsp3) is 0.111. The molecule has 0 fully saturated rings. The second-order valence-corrected chi connectivity index (χ2v) is 6.91. The summed E-state index contributed by atoms with van der Waals surface area (Å²) in [5.74, 6) is 0.814. The summed E-state index contributed by atoms with van der Waals surface area (Å²) in [4.78, 5) is 4.15. The minimum atomic E-state index is -0.324. The Balaban J connectivity index is 1.77. The van der Waals surface area contributed by atoms with Gasteiger partial charge in [0.25, 0.3) is 0 Å². The van der Waals surface area contributed by atoms with Crippen LogP contribution in [0.25, 0.3) is 22.2 Å². The van der Waals surface area contributed by atoms with Gasteiger partial charge in [0.05, 0.1) is 16.9 Å². The minimum absolute atomic E-state index is 0.124. The van der Waals surface area contributed by atoms with Crippen molar-refractivity contribution < 1.29 is 8.91 Å². The summed E-state index contributed by atoms with van der Waals surface area (Å²) in [5.41, 5.74) is 7.87. The number of nitrogens with zero attached hydrogens (tertiary/aromatic N) is 3. The summed E-state index contributed by atoms with van der Waals surface area (Å²) in [7, 11) is 0. The highest BCUT2D eigenvalue weighted by Crippen LogP contribution is 2.32. The first kappa shape index (κ1) is 16.1. The first-order valence-corrected chi connectivity index (χ1v) is 8.76. The molecule has 3 aromatic heterocycles. The zero-order chi connectivity index (χ0) is 17.6. The van der Waals surface area contributed by atoms with E-state index in [9.17, 15) is 4.39 Å². The zero-order valence-corrected chi connectivity index (χ0v) is 15.4. The Bertz CT molecular complexity index is 1070. The number of hydrogen-bond donors (Lipinski definition) is 1. The number of halogens is 2. The van der Waals surface area contributed by atoms with Crippen LogP contribution in [0.3, 0.4) is 0 Å². The summed E-state index contributed by atoms with van der Waals surface area (Å²) in [5, 5.41) is 4.95. The van der Waals surface area contributed by atoms with E-state index in [-0.39, 0.29) is 11.9 Å². The second kappa shape index (κ2) is 6.14. The van der Waals surface area contributed by atoms with Crippen molar-refractivity contribution in [3.05, 3.63) is 63.9 Å². The molecule has 1 atom stereocenters. The van der Waals surface area contributed by atoms with E-state index in [1.54, 1.807) is 30.5 Å². The maximum atomic E-state index is 14.0. The average Bonchev–Trinajstić information content (AvgIpc) is 3.21. The van der Waals surface area contributed by atoms with E-state index in [4.69, 9.17) is 10.3 Å². The smallest absolute Gasteiger partial charge is 0.159 e. The van der Waals surface area contributed by atoms with Crippen LogP contribution in [0, 0.1) is 9.39 Å². The molecular formula is C18H14FIN4O. The summed E-state index contributed by atoms with van der Waals surface area (Å²) in [6.07, 6.45) is 3.68. The molecule has 0 aliphatic carbocycles. The van der Waals surface area contributed by atoms with Crippen LogP contribution in [-0.4, -0.2) is 14.7 Å². The van der Waals surface area contributed by atoms with Crippen molar-refractivity contribution in [2.24, 2.45) is 0 Å². The number of pyridine rings is 1. The van der Waals surface area contributed by atoms with E-state index >= 15 is 0 Å². The minimum Gasteiger partial charge on any atom is -0.383 e. The average molecular weight is 448 g/mol. The molecule has 126 valence electrons. The van der Waals surface area contributed by atoms with E-state index in [0.29, 0.717) is 22.8 Å². The lowest BCUT2D eigenvalue weighted by Crippen LogP contribution is -2.04. The number of aromatic nitrogens is 3. The molecule has 0 saturated heterocycles. The lowest BCUT2D eigenvalue weighted by Gasteiger charge is -2.11. The van der Waals surface area contributed by atoms with Gasteiger partial charge < -0.3 is 14.8 Å². The molecule has 0 saturated carbocycles. The molecule has 0 aliphatic rings. The van der Waals surface area contributed by atoms with Crippen molar-refractivity contribution in [1.29, 1.82) is 0 Å². The van der Waals surface area contributed by atoms with Crippen LogP contribution in [0.2, 0.25) is 0 Å². The lowest BCUT2D eigenvalue weighted by molar-refractivity contribution is 0.356. The molecule has 0 radical (unpaired) electrons. The van der Waals surface area contributed by atoms with Crippen LogP contribution in [0.5, 0.6) is 0 Å². The molecule has 0 bridgehead atoms. The van der Waals surface area contributed by atoms with Gasteiger partial charge in [0, 0.05) is 27.6 Å². The standard InChI is InChI=1S/C18H14FIN4O/c1-10(24-9-13(20)17-15(24)6-7-22-18(17)21)16-8-14(23-25-16)11-4-2-3-5-12(11)19/h2-10H,1H3,(H2,21,22). The van der Waals surface area contributed by atoms with Gasteiger partial charge in [-0.2, -0.15) is 0 Å². The third-order valence-electron chi connectivity index (χ3n) is 4.23. The highest BCUT2D eigenvalue weighted by molar-refractivity contribution is 14.1. The van der Waals surface area contributed by atoms with Crippen molar-refractivity contribution in [2.75, 3.05) is 5.73 Å². The third kappa shape index (κ3) is 2.68. The predicted octanol–water partition coefficient (Wildman–Crippen LogP) is 4.63. The largest absolute Gasteiger partial charge is 0.383 e. The molecule has 5 nitrogen and oxygen atoms in total. The van der Waals surface area contributed by atoms with E-state index in [0.717, 1.165) is 14.5 Å². The fourth-order valence-corrected chi connectivity index (χ4v) is 3.78. The Morgan fingerprint density at radius 3 is 2.88 bits per heavy atom. The van der Waals surface area contributed by atoms with Crippen LogP contribution >= 0.6 is 22.6 Å². The van der Waals surface area contributed by atoms with Crippen LogP contribution < -0.4 is 5.73 Å². The van der Waals surface area contributed by atoms with Gasteiger partial charge in [-0.25, -0.2) is 9.37 Å². The maximum absolute atomic E-state index is 14.0. The van der Waals surface area contributed by atoms with E-state index < -0.39 is 0 Å². The van der Waals surface area contributed by atoms with E-state index in [1.807, 2.05) is 19.2 Å². The number of benzene rings is 1. The number of nitrogens with two attached hydrogens (primary N) is 1. The number of nitrogen functional groups attached to an aromatic ring is 1. The molecule has 25 heavy (non-hydrogen) atoms. The number of hydrogen-bond acceptors (Lipinski definition) is 4. The molecule has 0 amide bonds. The summed E-state index contributed by atoms with van der Waals surface area (Å²) in [6.45, 7) is 2.00. The van der Waals surface area contributed by atoms with Gasteiger partial charge >= 0.3 is 0 Å². The van der Waals surface area contributed by atoms with Gasteiger partial charge in [-0.3, -0.25) is 0 Å². The Labute approximate surface area is 156 Å². The first-order chi connectivity index (χ1) is 12.1. The monoisotopic (exact) mass is 448 g/mol. The van der Waals surface area contributed by atoms with Crippen LogP contribution in [0.15, 0.2) is 53.3 Å². The Kier molecular flexibility index (Phi) is 3.95. The van der Waals surface area contributed by atoms with E-state index in [2.05, 4.69) is 37.3 Å². The molecule has 0 aliphatic heterocycles. The van der Waals surface area contributed by atoms with E-state index in [1.165, 1.54) is 6.07 Å². The predicted molar refractivity (Wildman–Crippen MR) is 103 cm³/mol. The van der Waals surface area contributed by atoms with Crippen LogP contribution in [0.4, 0.5) is 10.2 Å². The lowest BCUT2D eigenvalue weighted by atomic mass is 10.1. The van der Waals surface area contributed by atoms with Gasteiger partial charge in [0.1, 0.15) is 17.3 Å². The van der Waals surface area contributed by atoms with Crippen molar-refractivity contribution in [3.63, 3.8) is 0 Å². The Morgan fingerprint density at radius 2 is 2.08 bits per heavy atom. The van der Waals surface area contributed by atoms with Gasteiger partial charge in [-0.05, 0) is 47.7 Å². The molecule has 1 unspecified atom stereocenters. The second-order valence-electron chi connectivity index (χ2n) is 5.74. The number of rotatable bonds is 3. The molecule has 7 heteroatoms. The fourth-order valence-electron chi connectivity index (χ4n) is 2.92. The highest BCUT2D eigenvalue weighted by atomic mass is 127. The maximum Gasteiger partial charge on any atom is 0.159 e. The van der Waals surface area contributed by atoms with Gasteiger partial charge in [-0.1, -0.05) is 17.3 Å².